The summed E-state index contributed by atoms with van der Waals surface area (Å²) in [5.41, 5.74) is 8.93. The van der Waals surface area contributed by atoms with Crippen molar-refractivity contribution in [3.05, 3.63) is 83.9 Å². The van der Waals surface area contributed by atoms with Gasteiger partial charge in [0.05, 0.1) is 0 Å². The fraction of sp³-hybridized carbons (Fsp3) is 0.250. The third kappa shape index (κ3) is 2.70. The molecule has 3 nitrogen and oxygen atoms in total. The number of aromatic nitrogens is 2. The molecular weight excluding hydrogens is 330 g/mol. The highest BCUT2D eigenvalue weighted by Crippen LogP contribution is 2.45. The Labute approximate surface area is 159 Å². The minimum atomic E-state index is 0.347. The van der Waals surface area contributed by atoms with E-state index in [0.29, 0.717) is 18.4 Å². The highest BCUT2D eigenvalue weighted by molar-refractivity contribution is 6.08. The van der Waals surface area contributed by atoms with Crippen LogP contribution in [0.5, 0.6) is 0 Å². The van der Waals surface area contributed by atoms with E-state index in [1.54, 1.807) is 0 Å². The molecule has 134 valence electrons. The van der Waals surface area contributed by atoms with Crippen molar-refractivity contribution in [2.24, 2.45) is 5.73 Å². The maximum Gasteiger partial charge on any atom is 0.131 e. The first-order valence-electron chi connectivity index (χ1n) is 9.77. The van der Waals surface area contributed by atoms with Crippen LogP contribution < -0.4 is 5.73 Å². The first-order chi connectivity index (χ1) is 13.4. The Morgan fingerprint density at radius 3 is 2.52 bits per heavy atom. The zero-order valence-electron chi connectivity index (χ0n) is 15.3. The van der Waals surface area contributed by atoms with Crippen LogP contribution in [-0.2, 0) is 6.42 Å². The van der Waals surface area contributed by atoms with Gasteiger partial charge in [0.1, 0.15) is 5.82 Å². The van der Waals surface area contributed by atoms with Crippen LogP contribution in [0.3, 0.4) is 0 Å². The van der Waals surface area contributed by atoms with Gasteiger partial charge in [0, 0.05) is 18.3 Å². The number of hydrogen-bond acceptors (Lipinski definition) is 3. The number of aryl methyl sites for hydroxylation is 1. The average molecular weight is 353 g/mol. The van der Waals surface area contributed by atoms with Crippen LogP contribution >= 0.6 is 0 Å². The maximum atomic E-state index is 6.00. The van der Waals surface area contributed by atoms with E-state index in [0.717, 1.165) is 25.1 Å². The summed E-state index contributed by atoms with van der Waals surface area (Å²) >= 11 is 0. The molecule has 0 amide bonds. The number of rotatable bonds is 3. The van der Waals surface area contributed by atoms with Gasteiger partial charge in [-0.15, -0.1) is 0 Å². The summed E-state index contributed by atoms with van der Waals surface area (Å²) in [5, 5.41) is 5.38. The van der Waals surface area contributed by atoms with E-state index >= 15 is 0 Å². The van der Waals surface area contributed by atoms with E-state index in [2.05, 4.69) is 58.5 Å². The summed E-state index contributed by atoms with van der Waals surface area (Å²) in [5.74, 6) is 1.69. The molecule has 1 aliphatic carbocycles. The van der Waals surface area contributed by atoms with Crippen LogP contribution in [0, 0.1) is 0 Å². The molecule has 0 spiro atoms. The molecule has 3 aromatic carbocycles. The zero-order valence-corrected chi connectivity index (χ0v) is 15.3. The van der Waals surface area contributed by atoms with Crippen LogP contribution in [0.2, 0.25) is 0 Å². The molecule has 27 heavy (non-hydrogen) atoms. The van der Waals surface area contributed by atoms with Gasteiger partial charge in [0.25, 0.3) is 0 Å². The molecule has 2 N–H and O–H groups in total. The standard InChI is InChI=1S/C24H23N3/c25-13-12-22-21-9-8-18-17-5-2-1-4-16(17)6-7-19(18)20(21)10-11-23(22)24-26-14-3-15-27-24/h1-9,14-15,22-23H,10-13,25H2. The molecule has 0 saturated carbocycles. The van der Waals surface area contributed by atoms with Gasteiger partial charge in [0.15, 0.2) is 0 Å². The molecule has 2 atom stereocenters. The van der Waals surface area contributed by atoms with Gasteiger partial charge in [-0.05, 0) is 70.5 Å². The Hall–Kier alpha value is -2.78. The Kier molecular flexibility index (Phi) is 4.10. The third-order valence-corrected chi connectivity index (χ3v) is 6.06. The Morgan fingerprint density at radius 2 is 1.67 bits per heavy atom. The molecule has 3 heteroatoms. The van der Waals surface area contributed by atoms with Gasteiger partial charge in [-0.3, -0.25) is 0 Å². The van der Waals surface area contributed by atoms with E-state index in [9.17, 15) is 0 Å². The van der Waals surface area contributed by atoms with Crippen LogP contribution in [0.15, 0.2) is 67.0 Å². The van der Waals surface area contributed by atoms with E-state index in [-0.39, 0.29) is 0 Å². The van der Waals surface area contributed by atoms with Crippen LogP contribution in [-0.4, -0.2) is 16.5 Å². The number of benzene rings is 3. The molecule has 4 aromatic rings. The highest BCUT2D eigenvalue weighted by Gasteiger charge is 2.32. The first-order valence-corrected chi connectivity index (χ1v) is 9.77. The molecule has 0 aliphatic heterocycles. The molecule has 5 rings (SSSR count). The molecule has 0 saturated heterocycles. The van der Waals surface area contributed by atoms with Gasteiger partial charge in [0.2, 0.25) is 0 Å². The van der Waals surface area contributed by atoms with Crippen molar-refractivity contribution < 1.29 is 0 Å². The van der Waals surface area contributed by atoms with Gasteiger partial charge in [-0.2, -0.15) is 0 Å². The summed E-state index contributed by atoms with van der Waals surface area (Å²) in [6.07, 6.45) is 6.81. The molecule has 0 bridgehead atoms. The Bertz CT molecular complexity index is 1100. The van der Waals surface area contributed by atoms with Crippen molar-refractivity contribution in [3.63, 3.8) is 0 Å². The molecule has 2 unspecified atom stereocenters. The summed E-state index contributed by atoms with van der Waals surface area (Å²) in [6.45, 7) is 0.684. The molecule has 1 aliphatic rings. The van der Waals surface area contributed by atoms with E-state index in [4.69, 9.17) is 5.73 Å². The minimum absolute atomic E-state index is 0.347. The number of nitrogens with zero attached hydrogens (tertiary/aromatic N) is 2. The molecule has 1 aromatic heterocycles. The normalized spacial score (nSPS) is 19.3. The topological polar surface area (TPSA) is 51.8 Å². The van der Waals surface area contributed by atoms with Gasteiger partial charge >= 0.3 is 0 Å². The highest BCUT2D eigenvalue weighted by atomic mass is 14.9. The maximum absolute atomic E-state index is 6.00. The van der Waals surface area contributed by atoms with Crippen LogP contribution in [0.25, 0.3) is 21.5 Å². The second kappa shape index (κ2) is 6.75. The summed E-state index contributed by atoms with van der Waals surface area (Å²) < 4.78 is 0. The second-order valence-electron chi connectivity index (χ2n) is 7.45. The predicted molar refractivity (Wildman–Crippen MR) is 111 cm³/mol. The largest absolute Gasteiger partial charge is 0.330 e. The summed E-state index contributed by atoms with van der Waals surface area (Å²) in [6, 6.07) is 19.7. The third-order valence-electron chi connectivity index (χ3n) is 6.06. The fourth-order valence-corrected chi connectivity index (χ4v) is 4.86. The van der Waals surface area contributed by atoms with Crippen molar-refractivity contribution in [2.45, 2.75) is 31.1 Å². The van der Waals surface area contributed by atoms with Crippen molar-refractivity contribution in [1.82, 2.24) is 9.97 Å². The van der Waals surface area contributed by atoms with Gasteiger partial charge in [-0.1, -0.05) is 48.5 Å². The minimum Gasteiger partial charge on any atom is -0.330 e. The van der Waals surface area contributed by atoms with Crippen molar-refractivity contribution in [3.8, 4) is 0 Å². The smallest absolute Gasteiger partial charge is 0.131 e. The number of nitrogens with two attached hydrogens (primary N) is 1. The lowest BCUT2D eigenvalue weighted by atomic mass is 9.71. The number of fused-ring (bicyclic) bond motifs is 5. The van der Waals surface area contributed by atoms with Gasteiger partial charge in [-0.25, -0.2) is 9.97 Å². The van der Waals surface area contributed by atoms with E-state index < -0.39 is 0 Å². The quantitative estimate of drug-likeness (QED) is 0.530. The second-order valence-corrected chi connectivity index (χ2v) is 7.45. The first kappa shape index (κ1) is 16.4. The van der Waals surface area contributed by atoms with Crippen LogP contribution in [0.4, 0.5) is 0 Å². The van der Waals surface area contributed by atoms with E-state index in [1.165, 1.54) is 32.7 Å². The number of hydrogen-bond donors (Lipinski definition) is 1. The molecular formula is C24H23N3. The predicted octanol–water partition coefficient (Wildman–Crippen LogP) is 4.95. The zero-order chi connectivity index (χ0) is 18.2. The van der Waals surface area contributed by atoms with Crippen molar-refractivity contribution in [2.75, 3.05) is 6.54 Å². The summed E-state index contributed by atoms with van der Waals surface area (Å²) in [7, 11) is 0. The molecule has 0 fully saturated rings. The van der Waals surface area contributed by atoms with Crippen molar-refractivity contribution >= 4 is 21.5 Å². The average Bonchev–Trinajstić information content (AvgIpc) is 2.74. The van der Waals surface area contributed by atoms with Gasteiger partial charge < -0.3 is 5.73 Å². The van der Waals surface area contributed by atoms with Crippen molar-refractivity contribution in [1.29, 1.82) is 0 Å². The van der Waals surface area contributed by atoms with E-state index in [1.807, 2.05) is 18.5 Å². The van der Waals surface area contributed by atoms with Crippen LogP contribution in [0.1, 0.15) is 41.6 Å². The fourth-order valence-electron chi connectivity index (χ4n) is 4.86. The molecule has 0 radical (unpaired) electrons. The Morgan fingerprint density at radius 1 is 0.852 bits per heavy atom. The lowest BCUT2D eigenvalue weighted by Gasteiger charge is -2.33. The SMILES string of the molecule is NCCC1c2ccc3c(ccc4ccccc43)c2CCC1c1ncccn1. The lowest BCUT2D eigenvalue weighted by molar-refractivity contribution is 0.437. The monoisotopic (exact) mass is 353 g/mol. The molecule has 1 heterocycles. The Balaban J connectivity index is 1.69. The summed E-state index contributed by atoms with van der Waals surface area (Å²) in [4.78, 5) is 9.12. The lowest BCUT2D eigenvalue weighted by Crippen LogP contribution is -2.23.